The first-order chi connectivity index (χ1) is 12.9. The molecule has 1 aromatic heterocycles. The zero-order valence-electron chi connectivity index (χ0n) is 16.4. The summed E-state index contributed by atoms with van der Waals surface area (Å²) in [7, 11) is 0. The van der Waals surface area contributed by atoms with E-state index in [9.17, 15) is 4.79 Å². The van der Waals surface area contributed by atoms with E-state index in [-0.39, 0.29) is 35.7 Å². The van der Waals surface area contributed by atoms with Crippen LogP contribution in [0.1, 0.15) is 56.5 Å². The van der Waals surface area contributed by atoms with Crippen LogP contribution in [0.2, 0.25) is 0 Å². The third kappa shape index (κ3) is 4.09. The highest BCUT2D eigenvalue weighted by Crippen LogP contribution is 2.42. The van der Waals surface area contributed by atoms with Gasteiger partial charge in [0.05, 0.1) is 0 Å². The molecule has 2 bridgehead atoms. The molecule has 2 aromatic rings. The second-order valence-electron chi connectivity index (χ2n) is 8.59. The van der Waals surface area contributed by atoms with Gasteiger partial charge in [-0.2, -0.15) is 0 Å². The summed E-state index contributed by atoms with van der Waals surface area (Å²) in [6, 6.07) is 10.6. The highest BCUT2D eigenvalue weighted by molar-refractivity contribution is 7.15. The van der Waals surface area contributed by atoms with Crippen molar-refractivity contribution in [3.63, 3.8) is 0 Å². The molecule has 2 saturated carbocycles. The van der Waals surface area contributed by atoms with Crippen LogP contribution >= 0.6 is 23.7 Å². The molecule has 5 nitrogen and oxygen atoms in total. The Morgan fingerprint density at radius 1 is 1.14 bits per heavy atom. The summed E-state index contributed by atoms with van der Waals surface area (Å²) >= 11 is 1.47. The summed E-state index contributed by atoms with van der Waals surface area (Å²) in [6.45, 7) is 4.27. The quantitative estimate of drug-likeness (QED) is 0.769. The van der Waals surface area contributed by atoms with Crippen molar-refractivity contribution >= 4 is 34.8 Å². The number of amides is 1. The maximum absolute atomic E-state index is 12.8. The molecule has 0 radical (unpaired) electrons. The van der Waals surface area contributed by atoms with Gasteiger partial charge in [0.2, 0.25) is 11.0 Å². The molecule has 2 fully saturated rings. The Morgan fingerprint density at radius 2 is 1.79 bits per heavy atom. The van der Waals surface area contributed by atoms with E-state index in [0.29, 0.717) is 17.0 Å². The molecule has 3 N–H and O–H groups in total. The van der Waals surface area contributed by atoms with E-state index in [1.165, 1.54) is 23.3 Å². The minimum Gasteiger partial charge on any atom is -0.327 e. The van der Waals surface area contributed by atoms with Gasteiger partial charge >= 0.3 is 0 Å². The number of fused-ring (bicyclic) bond motifs is 2. The Balaban J connectivity index is 0.00000225. The van der Waals surface area contributed by atoms with Crippen LogP contribution in [-0.2, 0) is 10.2 Å². The van der Waals surface area contributed by atoms with Crippen molar-refractivity contribution in [1.29, 1.82) is 0 Å². The molecule has 2 atom stereocenters. The fraction of sp³-hybridized carbons (Fsp3) is 0.571. The lowest BCUT2D eigenvalue weighted by molar-refractivity contribution is -0.122. The summed E-state index contributed by atoms with van der Waals surface area (Å²) in [4.78, 5) is 12.8. The van der Waals surface area contributed by atoms with E-state index in [2.05, 4.69) is 41.5 Å². The Morgan fingerprint density at radius 3 is 2.43 bits per heavy atom. The summed E-state index contributed by atoms with van der Waals surface area (Å²) in [6.07, 6.45) is 5.40. The van der Waals surface area contributed by atoms with Crippen molar-refractivity contribution in [1.82, 2.24) is 10.2 Å². The number of nitrogens with two attached hydrogens (primary N) is 1. The van der Waals surface area contributed by atoms with Crippen LogP contribution in [0.25, 0.3) is 0 Å². The van der Waals surface area contributed by atoms with Gasteiger partial charge in [-0.15, -0.1) is 22.6 Å². The first kappa shape index (κ1) is 21.2. The van der Waals surface area contributed by atoms with Gasteiger partial charge in [0.1, 0.15) is 5.01 Å². The van der Waals surface area contributed by atoms with Gasteiger partial charge < -0.3 is 11.1 Å². The molecule has 1 amide bonds. The average molecular weight is 421 g/mol. The smallest absolute Gasteiger partial charge is 0.229 e. The van der Waals surface area contributed by atoms with E-state index in [0.717, 1.165) is 30.7 Å². The fourth-order valence-corrected chi connectivity index (χ4v) is 5.59. The predicted octanol–water partition coefficient (Wildman–Crippen LogP) is 4.38. The largest absolute Gasteiger partial charge is 0.327 e. The Bertz CT molecular complexity index is 796. The molecule has 1 aromatic carbocycles. The minimum absolute atomic E-state index is 0. The number of halogens is 1. The molecular weight excluding hydrogens is 392 g/mol. The number of aromatic nitrogens is 2. The number of hydrogen-bond acceptors (Lipinski definition) is 5. The Hall–Kier alpha value is -1.50. The van der Waals surface area contributed by atoms with Crippen LogP contribution in [0.5, 0.6) is 0 Å². The molecule has 0 aliphatic heterocycles. The van der Waals surface area contributed by atoms with Crippen molar-refractivity contribution in [3.05, 3.63) is 40.9 Å². The van der Waals surface area contributed by atoms with E-state index >= 15 is 0 Å². The number of nitrogens with zero attached hydrogens (tertiary/aromatic N) is 2. The zero-order chi connectivity index (χ0) is 19.0. The second kappa shape index (κ2) is 8.47. The Labute approximate surface area is 176 Å². The third-order valence-electron chi connectivity index (χ3n) is 6.47. The zero-order valence-corrected chi connectivity index (χ0v) is 18.1. The molecule has 7 heteroatoms. The molecule has 2 aliphatic carbocycles. The normalized spacial score (nSPS) is 27.0. The highest BCUT2D eigenvalue weighted by atomic mass is 35.5. The first-order valence-corrected chi connectivity index (χ1v) is 10.7. The predicted molar refractivity (Wildman–Crippen MR) is 116 cm³/mol. The number of benzene rings is 1. The monoisotopic (exact) mass is 420 g/mol. The lowest BCUT2D eigenvalue weighted by atomic mass is 9.65. The van der Waals surface area contributed by atoms with Crippen molar-refractivity contribution in [2.75, 3.05) is 5.32 Å². The summed E-state index contributed by atoms with van der Waals surface area (Å²) in [5.74, 6) is 1.12. The van der Waals surface area contributed by atoms with Gasteiger partial charge in [0, 0.05) is 17.4 Å². The molecule has 2 unspecified atom stereocenters. The summed E-state index contributed by atoms with van der Waals surface area (Å²) < 4.78 is 0. The van der Waals surface area contributed by atoms with Gasteiger partial charge in [-0.1, -0.05) is 48.1 Å². The van der Waals surface area contributed by atoms with E-state index < -0.39 is 0 Å². The summed E-state index contributed by atoms with van der Waals surface area (Å²) in [5.41, 5.74) is 7.30. The van der Waals surface area contributed by atoms with Crippen LogP contribution in [0.3, 0.4) is 0 Å². The van der Waals surface area contributed by atoms with Crippen molar-refractivity contribution in [2.24, 2.45) is 23.5 Å². The van der Waals surface area contributed by atoms with Crippen molar-refractivity contribution < 1.29 is 4.79 Å². The Kier molecular flexibility index (Phi) is 6.42. The van der Waals surface area contributed by atoms with Crippen LogP contribution < -0.4 is 11.1 Å². The van der Waals surface area contributed by atoms with Gasteiger partial charge in [0.15, 0.2) is 0 Å². The first-order valence-electron chi connectivity index (χ1n) is 9.91. The lowest BCUT2D eigenvalue weighted by Gasteiger charge is -2.43. The number of nitrogens with one attached hydrogen (secondary N) is 1. The fourth-order valence-electron chi connectivity index (χ4n) is 4.72. The molecule has 1 heterocycles. The van der Waals surface area contributed by atoms with Gasteiger partial charge in [-0.3, -0.25) is 4.79 Å². The van der Waals surface area contributed by atoms with E-state index in [1.807, 2.05) is 18.2 Å². The molecule has 28 heavy (non-hydrogen) atoms. The van der Waals surface area contributed by atoms with Gasteiger partial charge in [-0.05, 0) is 56.9 Å². The third-order valence-corrected chi connectivity index (χ3v) is 7.63. The summed E-state index contributed by atoms with van der Waals surface area (Å²) in [5, 5.41) is 13.1. The van der Waals surface area contributed by atoms with Crippen LogP contribution in [0, 0.1) is 17.8 Å². The highest BCUT2D eigenvalue weighted by Gasteiger charge is 2.40. The van der Waals surface area contributed by atoms with Gasteiger partial charge in [0.25, 0.3) is 0 Å². The second-order valence-corrected chi connectivity index (χ2v) is 9.57. The maximum Gasteiger partial charge on any atom is 0.229 e. The van der Waals surface area contributed by atoms with Crippen LogP contribution in [0.4, 0.5) is 5.13 Å². The van der Waals surface area contributed by atoms with Gasteiger partial charge in [-0.25, -0.2) is 0 Å². The molecule has 4 rings (SSSR count). The lowest BCUT2D eigenvalue weighted by Crippen LogP contribution is -2.48. The number of hydrogen-bond donors (Lipinski definition) is 2. The van der Waals surface area contributed by atoms with Crippen molar-refractivity contribution in [3.8, 4) is 0 Å². The minimum atomic E-state index is -0.240. The molecule has 152 valence electrons. The molecule has 2 aliphatic rings. The average Bonchev–Trinajstić information content (AvgIpc) is 3.11. The molecule has 0 spiro atoms. The number of rotatable bonds is 4. The standard InChI is InChI=1S/C21H28N4OS.ClH/c1-21(2,16-9-4-3-5-10-16)19-24-25-20(27-19)23-18(26)15-11-13-7-6-8-14(12-15)17(13)22;/h3-5,9-10,13-15,17H,6-8,11-12,22H2,1-2H3,(H,23,25,26);1H. The number of anilines is 1. The number of carbonyl (C=O) groups is 1. The van der Waals surface area contributed by atoms with E-state index in [4.69, 9.17) is 5.73 Å². The number of carbonyl (C=O) groups excluding carboxylic acids is 1. The topological polar surface area (TPSA) is 80.9 Å². The maximum atomic E-state index is 12.8. The van der Waals surface area contributed by atoms with Crippen molar-refractivity contribution in [2.45, 2.75) is 57.4 Å². The molecular formula is C21H29ClN4OS. The van der Waals surface area contributed by atoms with Crippen LogP contribution in [0.15, 0.2) is 30.3 Å². The SMILES string of the molecule is CC(C)(c1ccccc1)c1nnc(NC(=O)C2CC3CCCC(C2)C3N)s1.Cl. The van der Waals surface area contributed by atoms with E-state index in [1.54, 1.807) is 0 Å². The molecule has 0 saturated heterocycles. The van der Waals surface area contributed by atoms with Crippen LogP contribution in [-0.4, -0.2) is 22.1 Å².